The van der Waals surface area contributed by atoms with Crippen LogP contribution in [-0.4, -0.2) is 6.54 Å². The van der Waals surface area contributed by atoms with E-state index in [0.29, 0.717) is 10.6 Å². The van der Waals surface area contributed by atoms with Crippen LogP contribution in [0, 0.1) is 11.2 Å². The fraction of sp³-hybridized carbons (Fsp3) is 0.600. The summed E-state index contributed by atoms with van der Waals surface area (Å²) in [6.07, 6.45) is 1.95. The van der Waals surface area contributed by atoms with Gasteiger partial charge in [-0.2, -0.15) is 0 Å². The molecule has 0 bridgehead atoms. The molecule has 0 aliphatic rings. The molecule has 102 valence electrons. The summed E-state index contributed by atoms with van der Waals surface area (Å²) in [6, 6.07) is 4.80. The van der Waals surface area contributed by atoms with Crippen molar-refractivity contribution in [2.24, 2.45) is 5.41 Å². The van der Waals surface area contributed by atoms with Gasteiger partial charge in [0.2, 0.25) is 0 Å². The first-order chi connectivity index (χ1) is 8.33. The lowest BCUT2D eigenvalue weighted by Gasteiger charge is -2.24. The molecule has 0 aromatic heterocycles. The summed E-state index contributed by atoms with van der Waals surface area (Å²) in [6.45, 7) is 9.45. The van der Waals surface area contributed by atoms with Gasteiger partial charge in [-0.1, -0.05) is 39.3 Å². The fourth-order valence-electron chi connectivity index (χ4n) is 1.97. The third kappa shape index (κ3) is 4.95. The van der Waals surface area contributed by atoms with Gasteiger partial charge in [-0.15, -0.1) is 0 Å². The number of hydrogen-bond donors (Lipinski definition) is 1. The fourth-order valence-corrected chi connectivity index (χ4v) is 2.15. The molecule has 0 spiro atoms. The lowest BCUT2D eigenvalue weighted by molar-refractivity contribution is 0.330. The van der Waals surface area contributed by atoms with Crippen LogP contribution in [0.1, 0.15) is 52.1 Å². The van der Waals surface area contributed by atoms with Crippen molar-refractivity contribution in [1.82, 2.24) is 5.32 Å². The maximum Gasteiger partial charge on any atom is 0.128 e. The van der Waals surface area contributed by atoms with Crippen molar-refractivity contribution in [3.8, 4) is 0 Å². The molecule has 0 heterocycles. The molecule has 18 heavy (non-hydrogen) atoms. The van der Waals surface area contributed by atoms with Crippen molar-refractivity contribution in [2.75, 3.05) is 6.54 Å². The molecule has 1 atom stereocenters. The van der Waals surface area contributed by atoms with Crippen LogP contribution in [0.3, 0.4) is 0 Å². The summed E-state index contributed by atoms with van der Waals surface area (Å²) in [7, 11) is 0. The molecule has 1 nitrogen and oxygen atoms in total. The first kappa shape index (κ1) is 15.5. The summed E-state index contributed by atoms with van der Waals surface area (Å²) in [5.74, 6) is -0.181. The van der Waals surface area contributed by atoms with Gasteiger partial charge in [-0.3, -0.25) is 0 Å². The molecule has 3 heteroatoms. The second kappa shape index (κ2) is 6.53. The second-order valence-corrected chi connectivity index (χ2v) is 6.31. The van der Waals surface area contributed by atoms with Gasteiger partial charge in [0.05, 0.1) is 0 Å². The van der Waals surface area contributed by atoms with Crippen molar-refractivity contribution in [3.05, 3.63) is 34.6 Å². The van der Waals surface area contributed by atoms with Gasteiger partial charge < -0.3 is 5.32 Å². The Morgan fingerprint density at radius 3 is 2.56 bits per heavy atom. The van der Waals surface area contributed by atoms with Crippen LogP contribution in [0.2, 0.25) is 5.02 Å². The van der Waals surface area contributed by atoms with Gasteiger partial charge in [0, 0.05) is 16.6 Å². The topological polar surface area (TPSA) is 12.0 Å². The minimum Gasteiger partial charge on any atom is -0.310 e. The van der Waals surface area contributed by atoms with Crippen LogP contribution in [0.25, 0.3) is 0 Å². The smallest absolute Gasteiger partial charge is 0.128 e. The molecule has 1 unspecified atom stereocenters. The number of rotatable bonds is 5. The third-order valence-electron chi connectivity index (χ3n) is 2.97. The molecule has 0 fully saturated rings. The lowest BCUT2D eigenvalue weighted by Crippen LogP contribution is -2.23. The number of benzene rings is 1. The van der Waals surface area contributed by atoms with Crippen LogP contribution in [0.4, 0.5) is 4.39 Å². The Morgan fingerprint density at radius 2 is 2.00 bits per heavy atom. The molecular weight excluding hydrogens is 249 g/mol. The lowest BCUT2D eigenvalue weighted by atomic mass is 9.87. The van der Waals surface area contributed by atoms with E-state index in [0.717, 1.165) is 19.4 Å². The van der Waals surface area contributed by atoms with E-state index in [-0.39, 0.29) is 17.3 Å². The quantitative estimate of drug-likeness (QED) is 0.798. The molecule has 0 aliphatic heterocycles. The Hall–Kier alpha value is -0.600. The van der Waals surface area contributed by atoms with Gasteiger partial charge in [-0.05, 0) is 43.0 Å². The van der Waals surface area contributed by atoms with Crippen LogP contribution < -0.4 is 5.32 Å². The first-order valence-corrected chi connectivity index (χ1v) is 6.89. The molecule has 1 aromatic carbocycles. The highest BCUT2D eigenvalue weighted by Gasteiger charge is 2.19. The van der Waals surface area contributed by atoms with E-state index in [2.05, 4.69) is 26.1 Å². The van der Waals surface area contributed by atoms with Crippen LogP contribution >= 0.6 is 11.6 Å². The highest BCUT2D eigenvalue weighted by atomic mass is 35.5. The SMILES string of the molecule is CCNC(CCC(C)(C)C)c1cc(Cl)ccc1F. The van der Waals surface area contributed by atoms with Crippen molar-refractivity contribution < 1.29 is 4.39 Å². The number of hydrogen-bond acceptors (Lipinski definition) is 1. The Morgan fingerprint density at radius 1 is 1.33 bits per heavy atom. The average molecular weight is 272 g/mol. The van der Waals surface area contributed by atoms with Crippen molar-refractivity contribution in [1.29, 1.82) is 0 Å². The summed E-state index contributed by atoms with van der Waals surface area (Å²) in [5.41, 5.74) is 0.927. The predicted octanol–water partition coefficient (Wildman–Crippen LogP) is 4.96. The molecule has 1 aromatic rings. The van der Waals surface area contributed by atoms with E-state index in [1.807, 2.05) is 6.92 Å². The predicted molar refractivity (Wildman–Crippen MR) is 76.5 cm³/mol. The number of nitrogens with one attached hydrogen (secondary N) is 1. The Balaban J connectivity index is 2.86. The Labute approximate surface area is 115 Å². The first-order valence-electron chi connectivity index (χ1n) is 6.52. The van der Waals surface area contributed by atoms with Crippen molar-refractivity contribution in [2.45, 2.75) is 46.6 Å². The van der Waals surface area contributed by atoms with Gasteiger partial charge >= 0.3 is 0 Å². The summed E-state index contributed by atoms with van der Waals surface area (Å²) in [4.78, 5) is 0. The summed E-state index contributed by atoms with van der Waals surface area (Å²) >= 11 is 5.96. The maximum atomic E-state index is 13.9. The van der Waals surface area contributed by atoms with E-state index in [9.17, 15) is 4.39 Å². The summed E-state index contributed by atoms with van der Waals surface area (Å²) in [5, 5.41) is 3.93. The maximum absolute atomic E-state index is 13.9. The Kier molecular flexibility index (Phi) is 5.61. The summed E-state index contributed by atoms with van der Waals surface area (Å²) < 4.78 is 13.9. The number of halogens is 2. The minimum absolute atomic E-state index is 0.0351. The molecule has 0 radical (unpaired) electrons. The molecular formula is C15H23ClFN. The van der Waals surface area contributed by atoms with E-state index < -0.39 is 0 Å². The highest BCUT2D eigenvalue weighted by molar-refractivity contribution is 6.30. The normalized spacial score (nSPS) is 13.7. The molecule has 0 aliphatic carbocycles. The van der Waals surface area contributed by atoms with E-state index in [1.54, 1.807) is 12.1 Å². The van der Waals surface area contributed by atoms with E-state index in [4.69, 9.17) is 11.6 Å². The zero-order valence-corrected chi connectivity index (χ0v) is 12.4. The zero-order chi connectivity index (χ0) is 13.8. The van der Waals surface area contributed by atoms with Gasteiger partial charge in [0.1, 0.15) is 5.82 Å². The minimum atomic E-state index is -0.181. The monoisotopic (exact) mass is 271 g/mol. The van der Waals surface area contributed by atoms with Gasteiger partial charge in [0.15, 0.2) is 0 Å². The van der Waals surface area contributed by atoms with E-state index >= 15 is 0 Å². The largest absolute Gasteiger partial charge is 0.310 e. The van der Waals surface area contributed by atoms with Crippen molar-refractivity contribution >= 4 is 11.6 Å². The zero-order valence-electron chi connectivity index (χ0n) is 11.7. The van der Waals surface area contributed by atoms with Crippen LogP contribution in [0.15, 0.2) is 18.2 Å². The molecule has 0 saturated heterocycles. The molecule has 0 amide bonds. The van der Waals surface area contributed by atoms with Gasteiger partial charge in [-0.25, -0.2) is 4.39 Å². The molecule has 1 rings (SSSR count). The van der Waals surface area contributed by atoms with Crippen molar-refractivity contribution in [3.63, 3.8) is 0 Å². The van der Waals surface area contributed by atoms with Crippen LogP contribution in [-0.2, 0) is 0 Å². The van der Waals surface area contributed by atoms with Gasteiger partial charge in [0.25, 0.3) is 0 Å². The van der Waals surface area contributed by atoms with E-state index in [1.165, 1.54) is 6.07 Å². The standard InChI is InChI=1S/C15H23ClFN/c1-5-18-14(8-9-15(2,3)4)12-10-11(16)6-7-13(12)17/h6-7,10,14,18H,5,8-9H2,1-4H3. The second-order valence-electron chi connectivity index (χ2n) is 5.88. The van der Waals surface area contributed by atoms with Crippen LogP contribution in [0.5, 0.6) is 0 Å². The Bertz CT molecular complexity index is 385. The molecule has 1 N–H and O–H groups in total. The molecule has 0 saturated carbocycles. The third-order valence-corrected chi connectivity index (χ3v) is 3.20. The average Bonchev–Trinajstić information content (AvgIpc) is 2.26. The highest BCUT2D eigenvalue weighted by Crippen LogP contribution is 2.29.